The van der Waals surface area contributed by atoms with E-state index in [0.717, 1.165) is 12.1 Å². The zero-order valence-corrected chi connectivity index (χ0v) is 8.59. The van der Waals surface area contributed by atoms with Crippen LogP contribution >= 0.6 is 15.9 Å². The van der Waals surface area contributed by atoms with Gasteiger partial charge in [-0.3, -0.25) is 0 Å². The maximum absolute atomic E-state index is 8.74. The average molecular weight is 236 g/mol. The zero-order chi connectivity index (χ0) is 9.84. The van der Waals surface area contributed by atoms with Crippen molar-refractivity contribution >= 4 is 15.9 Å². The van der Waals surface area contributed by atoms with Gasteiger partial charge in [0.2, 0.25) is 0 Å². The van der Waals surface area contributed by atoms with E-state index in [9.17, 15) is 0 Å². The van der Waals surface area contributed by atoms with Crippen molar-refractivity contribution in [2.45, 2.75) is 13.3 Å². The van der Waals surface area contributed by atoms with Gasteiger partial charge in [-0.1, -0.05) is 6.92 Å². The summed E-state index contributed by atoms with van der Waals surface area (Å²) in [5, 5.41) is 17.5. The van der Waals surface area contributed by atoms with Gasteiger partial charge in [-0.05, 0) is 28.4 Å². The first-order valence-corrected chi connectivity index (χ1v) is 4.51. The highest BCUT2D eigenvalue weighted by molar-refractivity contribution is 9.10. The average Bonchev–Trinajstić information content (AvgIpc) is 2.16. The standard InChI is InChI=1S/C9H6BrN3/c1-2-7-3-6(4-11)8(5-12)9(10)13-7/h3H,2H2,1H3. The van der Waals surface area contributed by atoms with Crippen LogP contribution in [0.3, 0.4) is 0 Å². The molecule has 4 heteroatoms. The molecule has 64 valence electrons. The molecule has 0 bridgehead atoms. The number of rotatable bonds is 1. The predicted octanol–water partition coefficient (Wildman–Crippen LogP) is 2.15. The summed E-state index contributed by atoms with van der Waals surface area (Å²) in [5.74, 6) is 0. The van der Waals surface area contributed by atoms with Crippen LogP contribution in [0.2, 0.25) is 0 Å². The van der Waals surface area contributed by atoms with E-state index in [0.29, 0.717) is 15.7 Å². The first-order chi connectivity index (χ1) is 6.22. The van der Waals surface area contributed by atoms with Crippen LogP contribution in [-0.2, 0) is 6.42 Å². The molecular formula is C9H6BrN3. The van der Waals surface area contributed by atoms with Gasteiger partial charge in [0.05, 0.1) is 5.56 Å². The van der Waals surface area contributed by atoms with Gasteiger partial charge in [0, 0.05) is 5.69 Å². The normalized spacial score (nSPS) is 8.92. The Kier molecular flexibility index (Phi) is 3.00. The van der Waals surface area contributed by atoms with E-state index in [1.807, 2.05) is 19.1 Å². The summed E-state index contributed by atoms with van der Waals surface area (Å²) in [7, 11) is 0. The summed E-state index contributed by atoms with van der Waals surface area (Å²) in [6, 6.07) is 5.55. The van der Waals surface area contributed by atoms with Gasteiger partial charge in [0.1, 0.15) is 22.3 Å². The molecule has 1 heterocycles. The third-order valence-electron chi connectivity index (χ3n) is 1.62. The van der Waals surface area contributed by atoms with Gasteiger partial charge in [-0.2, -0.15) is 10.5 Å². The number of nitrogens with zero attached hydrogens (tertiary/aromatic N) is 3. The number of nitriles is 2. The molecule has 0 unspecified atom stereocenters. The lowest BCUT2D eigenvalue weighted by Crippen LogP contribution is -1.94. The quantitative estimate of drug-likeness (QED) is 0.702. The van der Waals surface area contributed by atoms with Crippen LogP contribution in [0.25, 0.3) is 0 Å². The van der Waals surface area contributed by atoms with Crippen LogP contribution in [0.15, 0.2) is 10.7 Å². The van der Waals surface area contributed by atoms with E-state index in [1.165, 1.54) is 0 Å². The fraction of sp³-hybridized carbons (Fsp3) is 0.222. The van der Waals surface area contributed by atoms with Gasteiger partial charge in [-0.25, -0.2) is 4.98 Å². The Morgan fingerprint density at radius 1 is 1.46 bits per heavy atom. The highest BCUT2D eigenvalue weighted by atomic mass is 79.9. The molecule has 1 rings (SSSR count). The van der Waals surface area contributed by atoms with Crippen LogP contribution < -0.4 is 0 Å². The summed E-state index contributed by atoms with van der Waals surface area (Å²) in [5.41, 5.74) is 1.49. The molecule has 0 amide bonds. The molecule has 0 aromatic carbocycles. The molecule has 0 atom stereocenters. The van der Waals surface area contributed by atoms with E-state index >= 15 is 0 Å². The summed E-state index contributed by atoms with van der Waals surface area (Å²) in [6.07, 6.45) is 0.749. The third kappa shape index (κ3) is 1.85. The molecule has 1 aromatic rings. The second-order valence-electron chi connectivity index (χ2n) is 2.40. The molecule has 0 N–H and O–H groups in total. The van der Waals surface area contributed by atoms with Gasteiger partial charge < -0.3 is 0 Å². The summed E-state index contributed by atoms with van der Waals surface area (Å²) in [6.45, 7) is 1.95. The van der Waals surface area contributed by atoms with E-state index in [4.69, 9.17) is 10.5 Å². The molecule has 0 radical (unpaired) electrons. The van der Waals surface area contributed by atoms with Crippen LogP contribution in [-0.4, -0.2) is 4.98 Å². The predicted molar refractivity (Wildman–Crippen MR) is 50.7 cm³/mol. The van der Waals surface area contributed by atoms with Crippen molar-refractivity contribution in [2.24, 2.45) is 0 Å². The Labute approximate surface area is 84.8 Å². The maximum Gasteiger partial charge on any atom is 0.125 e. The van der Waals surface area contributed by atoms with Gasteiger partial charge in [0.25, 0.3) is 0 Å². The molecule has 0 aliphatic carbocycles. The van der Waals surface area contributed by atoms with E-state index in [1.54, 1.807) is 6.07 Å². The van der Waals surface area contributed by atoms with E-state index in [2.05, 4.69) is 20.9 Å². The summed E-state index contributed by atoms with van der Waals surface area (Å²) >= 11 is 3.16. The second kappa shape index (κ2) is 4.02. The Morgan fingerprint density at radius 2 is 2.15 bits per heavy atom. The lowest BCUT2D eigenvalue weighted by Gasteiger charge is -2.00. The van der Waals surface area contributed by atoms with Crippen LogP contribution in [0.4, 0.5) is 0 Å². The maximum atomic E-state index is 8.74. The number of hydrogen-bond donors (Lipinski definition) is 0. The number of pyridine rings is 1. The van der Waals surface area contributed by atoms with Gasteiger partial charge >= 0.3 is 0 Å². The Morgan fingerprint density at radius 3 is 2.62 bits per heavy atom. The minimum atomic E-state index is 0.305. The smallest absolute Gasteiger partial charge is 0.125 e. The van der Waals surface area contributed by atoms with E-state index in [-0.39, 0.29) is 0 Å². The van der Waals surface area contributed by atoms with Crippen molar-refractivity contribution in [3.63, 3.8) is 0 Å². The third-order valence-corrected chi connectivity index (χ3v) is 2.20. The Bertz CT molecular complexity index is 412. The molecule has 0 fully saturated rings. The van der Waals surface area contributed by atoms with Crippen molar-refractivity contribution < 1.29 is 0 Å². The fourth-order valence-electron chi connectivity index (χ4n) is 0.940. The molecule has 0 spiro atoms. The minimum absolute atomic E-state index is 0.305. The molecular weight excluding hydrogens is 230 g/mol. The molecule has 0 saturated carbocycles. The van der Waals surface area contributed by atoms with Gasteiger partial charge in [-0.15, -0.1) is 0 Å². The van der Waals surface area contributed by atoms with Crippen molar-refractivity contribution in [3.8, 4) is 12.1 Å². The zero-order valence-electron chi connectivity index (χ0n) is 7.00. The van der Waals surface area contributed by atoms with Crippen LogP contribution in [0.1, 0.15) is 23.7 Å². The topological polar surface area (TPSA) is 60.5 Å². The van der Waals surface area contributed by atoms with Crippen molar-refractivity contribution in [3.05, 3.63) is 27.5 Å². The van der Waals surface area contributed by atoms with Crippen LogP contribution in [0, 0.1) is 22.7 Å². The Hall–Kier alpha value is -1.39. The molecule has 0 aliphatic heterocycles. The van der Waals surface area contributed by atoms with Crippen molar-refractivity contribution in [1.29, 1.82) is 10.5 Å². The molecule has 13 heavy (non-hydrogen) atoms. The lowest BCUT2D eigenvalue weighted by atomic mass is 10.1. The highest BCUT2D eigenvalue weighted by Gasteiger charge is 2.08. The lowest BCUT2D eigenvalue weighted by molar-refractivity contribution is 1.01. The largest absolute Gasteiger partial charge is 0.244 e. The van der Waals surface area contributed by atoms with Crippen molar-refractivity contribution in [1.82, 2.24) is 4.98 Å². The second-order valence-corrected chi connectivity index (χ2v) is 3.16. The first kappa shape index (κ1) is 9.70. The molecule has 0 aliphatic rings. The molecule has 0 saturated heterocycles. The summed E-state index contributed by atoms with van der Waals surface area (Å²) < 4.78 is 0.450. The Balaban J connectivity index is 3.42. The number of halogens is 1. The highest BCUT2D eigenvalue weighted by Crippen LogP contribution is 2.18. The monoisotopic (exact) mass is 235 g/mol. The fourth-order valence-corrected chi connectivity index (χ4v) is 1.47. The first-order valence-electron chi connectivity index (χ1n) is 3.72. The molecule has 3 nitrogen and oxygen atoms in total. The number of aromatic nitrogens is 1. The van der Waals surface area contributed by atoms with Crippen LogP contribution in [0.5, 0.6) is 0 Å². The molecule has 1 aromatic heterocycles. The van der Waals surface area contributed by atoms with Crippen molar-refractivity contribution in [2.75, 3.05) is 0 Å². The SMILES string of the molecule is CCc1cc(C#N)c(C#N)c(Br)n1. The number of aryl methyl sites for hydroxylation is 1. The van der Waals surface area contributed by atoms with E-state index < -0.39 is 0 Å². The number of hydrogen-bond acceptors (Lipinski definition) is 3. The van der Waals surface area contributed by atoms with Gasteiger partial charge in [0.15, 0.2) is 0 Å². The minimum Gasteiger partial charge on any atom is -0.244 e. The summed E-state index contributed by atoms with van der Waals surface area (Å²) in [4.78, 5) is 4.11.